The van der Waals surface area contributed by atoms with E-state index in [9.17, 15) is 4.79 Å². The minimum Gasteiger partial charge on any atom is -0.381 e. The molecule has 1 amide bonds. The van der Waals surface area contributed by atoms with E-state index in [1.165, 1.54) is 5.56 Å². The molecule has 2 N–H and O–H groups in total. The second-order valence-corrected chi connectivity index (χ2v) is 5.53. The zero-order valence-corrected chi connectivity index (χ0v) is 13.1. The molecule has 0 aromatic heterocycles. The summed E-state index contributed by atoms with van der Waals surface area (Å²) in [5.41, 5.74) is 6.85. The van der Waals surface area contributed by atoms with Gasteiger partial charge in [-0.25, -0.2) is 0 Å². The van der Waals surface area contributed by atoms with Gasteiger partial charge in [-0.15, -0.1) is 0 Å². The maximum Gasteiger partial charge on any atom is 0.248 e. The Morgan fingerprint density at radius 3 is 2.64 bits per heavy atom. The Hall–Kier alpha value is -1.43. The summed E-state index contributed by atoms with van der Waals surface area (Å²) >= 11 is 0. The van der Waals surface area contributed by atoms with Crippen molar-refractivity contribution in [3.05, 3.63) is 35.9 Å². The minimum atomic E-state index is 0.0212. The van der Waals surface area contributed by atoms with E-state index >= 15 is 0 Å². The largest absolute Gasteiger partial charge is 0.381 e. The van der Waals surface area contributed by atoms with E-state index in [0.717, 1.165) is 32.5 Å². The number of amides is 1. The fourth-order valence-electron chi connectivity index (χ4n) is 2.55. The molecule has 1 heterocycles. The Balaban J connectivity index is 1.77. The smallest absolute Gasteiger partial charge is 0.248 e. The number of hydrogen-bond donors (Lipinski definition) is 1. The van der Waals surface area contributed by atoms with Gasteiger partial charge >= 0.3 is 0 Å². The van der Waals surface area contributed by atoms with Crippen LogP contribution in [0, 0.1) is 0 Å². The van der Waals surface area contributed by atoms with Crippen LogP contribution in [0.2, 0.25) is 0 Å². The third-order valence-corrected chi connectivity index (χ3v) is 3.88. The first-order chi connectivity index (χ1) is 10.8. The molecule has 0 unspecified atom stereocenters. The molecule has 0 bridgehead atoms. The zero-order chi connectivity index (χ0) is 15.6. The second kappa shape index (κ2) is 9.56. The molecule has 122 valence electrons. The maximum absolute atomic E-state index is 12.3. The van der Waals surface area contributed by atoms with Crippen LogP contribution in [0.3, 0.4) is 0 Å². The molecule has 22 heavy (non-hydrogen) atoms. The summed E-state index contributed by atoms with van der Waals surface area (Å²) in [6.45, 7) is 3.30. The Morgan fingerprint density at radius 1 is 1.23 bits per heavy atom. The Labute approximate surface area is 132 Å². The lowest BCUT2D eigenvalue weighted by Gasteiger charge is -2.25. The van der Waals surface area contributed by atoms with Crippen molar-refractivity contribution in [2.45, 2.75) is 25.4 Å². The van der Waals surface area contributed by atoms with E-state index < -0.39 is 0 Å². The molecule has 5 nitrogen and oxygen atoms in total. The molecule has 5 heteroatoms. The van der Waals surface area contributed by atoms with Gasteiger partial charge in [0.25, 0.3) is 0 Å². The van der Waals surface area contributed by atoms with Crippen LogP contribution in [0.4, 0.5) is 0 Å². The van der Waals surface area contributed by atoms with Crippen LogP contribution in [-0.4, -0.2) is 56.4 Å². The molecule has 1 fully saturated rings. The van der Waals surface area contributed by atoms with E-state index in [1.807, 2.05) is 18.2 Å². The van der Waals surface area contributed by atoms with Crippen LogP contribution in [0.25, 0.3) is 0 Å². The zero-order valence-electron chi connectivity index (χ0n) is 13.1. The van der Waals surface area contributed by atoms with Crippen LogP contribution < -0.4 is 5.73 Å². The molecule has 0 radical (unpaired) electrons. The van der Waals surface area contributed by atoms with Gasteiger partial charge in [0.05, 0.1) is 6.10 Å². The lowest BCUT2D eigenvalue weighted by molar-refractivity contribution is -0.140. The summed E-state index contributed by atoms with van der Waals surface area (Å²) in [5.74, 6) is 0.0212. The number of rotatable bonds is 8. The van der Waals surface area contributed by atoms with E-state index in [0.29, 0.717) is 19.6 Å². The van der Waals surface area contributed by atoms with Crippen molar-refractivity contribution >= 4 is 5.91 Å². The Bertz CT molecular complexity index is 433. The summed E-state index contributed by atoms with van der Waals surface area (Å²) in [5, 5.41) is 0. The van der Waals surface area contributed by atoms with Gasteiger partial charge < -0.3 is 20.1 Å². The van der Waals surface area contributed by atoms with E-state index in [4.69, 9.17) is 15.2 Å². The summed E-state index contributed by atoms with van der Waals surface area (Å²) in [6, 6.07) is 10.2. The Morgan fingerprint density at radius 2 is 1.95 bits per heavy atom. The molecule has 0 saturated carbocycles. The number of carbonyl (C=O) groups excluding carboxylic acids is 1. The van der Waals surface area contributed by atoms with Crippen LogP contribution in [0.15, 0.2) is 30.3 Å². The van der Waals surface area contributed by atoms with Crippen molar-refractivity contribution < 1.29 is 14.3 Å². The van der Waals surface area contributed by atoms with Crippen LogP contribution in [0.1, 0.15) is 18.4 Å². The van der Waals surface area contributed by atoms with E-state index in [-0.39, 0.29) is 18.6 Å². The standard InChI is InChI=1S/C17H26N2O3/c18-9-11-19(10-6-15-4-2-1-3-5-15)17(20)14-22-16-7-12-21-13-8-16/h1-5,16H,6-14,18H2. The van der Waals surface area contributed by atoms with Gasteiger partial charge in [0.1, 0.15) is 6.61 Å². The van der Waals surface area contributed by atoms with Gasteiger partial charge in [-0.2, -0.15) is 0 Å². The molecule has 1 aliphatic rings. The number of benzene rings is 1. The van der Waals surface area contributed by atoms with Crippen molar-refractivity contribution in [2.24, 2.45) is 5.73 Å². The van der Waals surface area contributed by atoms with Gasteiger partial charge in [-0.1, -0.05) is 30.3 Å². The SMILES string of the molecule is NCCN(CCc1ccccc1)C(=O)COC1CCOCC1. The fourth-order valence-corrected chi connectivity index (χ4v) is 2.55. The second-order valence-electron chi connectivity index (χ2n) is 5.53. The van der Waals surface area contributed by atoms with Crippen molar-refractivity contribution in [1.82, 2.24) is 4.90 Å². The number of hydrogen-bond acceptors (Lipinski definition) is 4. The first-order valence-electron chi connectivity index (χ1n) is 8.00. The fraction of sp³-hybridized carbons (Fsp3) is 0.588. The highest BCUT2D eigenvalue weighted by Crippen LogP contribution is 2.11. The summed E-state index contributed by atoms with van der Waals surface area (Å²) in [4.78, 5) is 14.1. The maximum atomic E-state index is 12.3. The predicted molar refractivity (Wildman–Crippen MR) is 85.6 cm³/mol. The lowest BCUT2D eigenvalue weighted by Crippen LogP contribution is -2.40. The molecule has 2 rings (SSSR count). The quantitative estimate of drug-likeness (QED) is 0.784. The molecule has 0 aliphatic carbocycles. The van der Waals surface area contributed by atoms with Gasteiger partial charge in [-0.05, 0) is 24.8 Å². The van der Waals surface area contributed by atoms with Gasteiger partial charge in [0.15, 0.2) is 0 Å². The predicted octanol–water partition coefficient (Wildman–Crippen LogP) is 1.21. The van der Waals surface area contributed by atoms with Crippen LogP contribution in [-0.2, 0) is 20.7 Å². The highest BCUT2D eigenvalue weighted by Gasteiger charge is 2.18. The molecule has 1 aliphatic heterocycles. The van der Waals surface area contributed by atoms with Crippen molar-refractivity contribution in [3.63, 3.8) is 0 Å². The first kappa shape index (κ1) is 16.9. The number of carbonyl (C=O) groups is 1. The topological polar surface area (TPSA) is 64.8 Å². The van der Waals surface area contributed by atoms with E-state index in [2.05, 4.69) is 12.1 Å². The third-order valence-electron chi connectivity index (χ3n) is 3.88. The molecule has 1 saturated heterocycles. The molecule has 1 aromatic carbocycles. The summed E-state index contributed by atoms with van der Waals surface area (Å²) < 4.78 is 11.0. The van der Waals surface area contributed by atoms with Crippen molar-refractivity contribution in [1.29, 1.82) is 0 Å². The van der Waals surface area contributed by atoms with Gasteiger partial charge in [-0.3, -0.25) is 4.79 Å². The van der Waals surface area contributed by atoms with Gasteiger partial charge in [0.2, 0.25) is 5.91 Å². The monoisotopic (exact) mass is 306 g/mol. The number of nitrogens with zero attached hydrogens (tertiary/aromatic N) is 1. The highest BCUT2D eigenvalue weighted by molar-refractivity contribution is 5.77. The molecule has 1 aromatic rings. The number of ether oxygens (including phenoxy) is 2. The molecular weight excluding hydrogens is 280 g/mol. The summed E-state index contributed by atoms with van der Waals surface area (Å²) in [7, 11) is 0. The minimum absolute atomic E-state index is 0.0212. The average molecular weight is 306 g/mol. The molecule has 0 spiro atoms. The van der Waals surface area contributed by atoms with Crippen molar-refractivity contribution in [3.8, 4) is 0 Å². The molecular formula is C17H26N2O3. The third kappa shape index (κ3) is 5.75. The Kier molecular flexibility index (Phi) is 7.36. The summed E-state index contributed by atoms with van der Waals surface area (Å²) in [6.07, 6.45) is 2.72. The highest BCUT2D eigenvalue weighted by atomic mass is 16.5. The van der Waals surface area contributed by atoms with Crippen LogP contribution >= 0.6 is 0 Å². The number of nitrogens with two attached hydrogens (primary N) is 1. The van der Waals surface area contributed by atoms with Crippen LogP contribution in [0.5, 0.6) is 0 Å². The van der Waals surface area contributed by atoms with Crippen molar-refractivity contribution in [2.75, 3.05) is 39.5 Å². The van der Waals surface area contributed by atoms with E-state index in [1.54, 1.807) is 4.90 Å². The normalized spacial score (nSPS) is 15.7. The average Bonchev–Trinajstić information content (AvgIpc) is 2.58. The first-order valence-corrected chi connectivity index (χ1v) is 8.00. The lowest BCUT2D eigenvalue weighted by atomic mass is 10.1. The van der Waals surface area contributed by atoms with Gasteiger partial charge in [0, 0.05) is 32.8 Å². The molecule has 0 atom stereocenters.